The van der Waals surface area contributed by atoms with Crippen molar-refractivity contribution in [1.29, 1.82) is 0 Å². The van der Waals surface area contributed by atoms with E-state index in [1.54, 1.807) is 0 Å². The van der Waals surface area contributed by atoms with Crippen molar-refractivity contribution in [3.8, 4) is 0 Å². The number of benzene rings is 1. The lowest BCUT2D eigenvalue weighted by Gasteiger charge is -2.05. The van der Waals surface area contributed by atoms with Gasteiger partial charge in [-0.25, -0.2) is 13.8 Å². The molecule has 0 saturated carbocycles. The number of ether oxygens (including phenoxy) is 1. The summed E-state index contributed by atoms with van der Waals surface area (Å²) in [4.78, 5) is 3.94. The summed E-state index contributed by atoms with van der Waals surface area (Å²) in [6.45, 7) is 0.394. The molecule has 1 aromatic carbocycles. The highest BCUT2D eigenvalue weighted by Gasteiger charge is 2.15. The molecule has 0 radical (unpaired) electrons. The molecule has 1 aromatic rings. The van der Waals surface area contributed by atoms with Gasteiger partial charge >= 0.3 is 0 Å². The molecule has 2 nitrogen and oxygen atoms in total. The van der Waals surface area contributed by atoms with Crippen LogP contribution in [0.25, 0.3) is 0 Å². The van der Waals surface area contributed by atoms with E-state index in [1.165, 1.54) is 12.5 Å². The van der Waals surface area contributed by atoms with Crippen molar-refractivity contribution >= 4 is 6.40 Å². The van der Waals surface area contributed by atoms with E-state index in [-0.39, 0.29) is 6.04 Å². The predicted molar refractivity (Wildman–Crippen MR) is 43.5 cm³/mol. The quantitative estimate of drug-likeness (QED) is 0.653. The van der Waals surface area contributed by atoms with E-state index in [0.29, 0.717) is 12.2 Å². The highest BCUT2D eigenvalue weighted by molar-refractivity contribution is 5.50. The third-order valence-electron chi connectivity index (χ3n) is 1.90. The fourth-order valence-corrected chi connectivity index (χ4v) is 1.20. The van der Waals surface area contributed by atoms with Gasteiger partial charge in [0.2, 0.25) is 0 Å². The van der Waals surface area contributed by atoms with Crippen molar-refractivity contribution in [1.82, 2.24) is 0 Å². The van der Waals surface area contributed by atoms with Crippen LogP contribution in [0.15, 0.2) is 23.2 Å². The molecular weight excluding hydrogens is 176 g/mol. The molecule has 13 heavy (non-hydrogen) atoms. The monoisotopic (exact) mass is 183 g/mol. The third kappa shape index (κ3) is 1.52. The van der Waals surface area contributed by atoms with E-state index in [9.17, 15) is 8.78 Å². The first-order valence-electron chi connectivity index (χ1n) is 3.85. The van der Waals surface area contributed by atoms with E-state index in [2.05, 4.69) is 4.99 Å². The van der Waals surface area contributed by atoms with Crippen LogP contribution in [0.2, 0.25) is 0 Å². The minimum absolute atomic E-state index is 0.199. The normalized spacial score (nSPS) is 20.3. The molecule has 1 unspecified atom stereocenters. The van der Waals surface area contributed by atoms with Gasteiger partial charge in [-0.15, -0.1) is 0 Å². The zero-order valence-electron chi connectivity index (χ0n) is 6.71. The Morgan fingerprint density at radius 3 is 2.77 bits per heavy atom. The van der Waals surface area contributed by atoms with Crippen molar-refractivity contribution in [3.63, 3.8) is 0 Å². The summed E-state index contributed by atoms with van der Waals surface area (Å²) in [6, 6.07) is 3.55. The van der Waals surface area contributed by atoms with Crippen LogP contribution in [0.1, 0.15) is 11.6 Å². The topological polar surface area (TPSA) is 21.6 Å². The molecule has 1 aliphatic rings. The first kappa shape index (κ1) is 8.16. The molecule has 0 spiro atoms. The van der Waals surface area contributed by atoms with Crippen LogP contribution in [0.5, 0.6) is 0 Å². The number of nitrogens with zero attached hydrogens (tertiary/aromatic N) is 1. The average molecular weight is 183 g/mol. The smallest absolute Gasteiger partial charge is 0.170 e. The summed E-state index contributed by atoms with van der Waals surface area (Å²) < 4.78 is 30.2. The number of aliphatic imine (C=N–C) groups is 1. The molecule has 1 heterocycles. The molecule has 0 N–H and O–H groups in total. The molecule has 1 aliphatic heterocycles. The standard InChI is InChI=1S/C9H7F2NO/c10-7-2-1-6(3-8(7)11)9-4-13-5-12-9/h1-3,5,9H,4H2. The number of rotatable bonds is 1. The Balaban J connectivity index is 2.30. The second kappa shape index (κ2) is 3.12. The molecule has 0 saturated heterocycles. The van der Waals surface area contributed by atoms with Gasteiger partial charge in [0.1, 0.15) is 12.6 Å². The molecule has 0 fully saturated rings. The Labute approximate surface area is 73.9 Å². The maximum Gasteiger partial charge on any atom is 0.170 e. The summed E-state index contributed by atoms with van der Waals surface area (Å²) in [5, 5.41) is 0. The first-order valence-corrected chi connectivity index (χ1v) is 3.85. The second-order valence-electron chi connectivity index (χ2n) is 2.78. The maximum absolute atomic E-state index is 12.8. The van der Waals surface area contributed by atoms with Gasteiger partial charge < -0.3 is 4.74 Å². The van der Waals surface area contributed by atoms with Crippen LogP contribution in [0.3, 0.4) is 0 Å². The average Bonchev–Trinajstić information content (AvgIpc) is 2.62. The van der Waals surface area contributed by atoms with Gasteiger partial charge in [0.25, 0.3) is 0 Å². The summed E-state index contributed by atoms with van der Waals surface area (Å²) in [6.07, 6.45) is 1.33. The minimum Gasteiger partial charge on any atom is -0.481 e. The molecular formula is C9H7F2NO. The van der Waals surface area contributed by atoms with Crippen molar-refractivity contribution < 1.29 is 13.5 Å². The van der Waals surface area contributed by atoms with Crippen LogP contribution < -0.4 is 0 Å². The van der Waals surface area contributed by atoms with Crippen molar-refractivity contribution in [2.75, 3.05) is 6.61 Å². The molecule has 68 valence electrons. The summed E-state index contributed by atoms with van der Waals surface area (Å²) >= 11 is 0. The van der Waals surface area contributed by atoms with Gasteiger partial charge in [-0.1, -0.05) is 6.07 Å². The van der Waals surface area contributed by atoms with Gasteiger partial charge in [-0.05, 0) is 17.7 Å². The Hall–Kier alpha value is -1.45. The molecule has 4 heteroatoms. The minimum atomic E-state index is -0.848. The second-order valence-corrected chi connectivity index (χ2v) is 2.78. The van der Waals surface area contributed by atoms with E-state index >= 15 is 0 Å². The molecule has 0 aliphatic carbocycles. The van der Waals surface area contributed by atoms with Crippen molar-refractivity contribution in [2.45, 2.75) is 6.04 Å². The fraction of sp³-hybridized carbons (Fsp3) is 0.222. The maximum atomic E-state index is 12.8. The van der Waals surface area contributed by atoms with E-state index in [0.717, 1.165) is 12.1 Å². The predicted octanol–water partition coefficient (Wildman–Crippen LogP) is 2.06. The SMILES string of the molecule is Fc1ccc(C2COC=N2)cc1F. The van der Waals surface area contributed by atoms with Crippen LogP contribution in [0.4, 0.5) is 8.78 Å². The largest absolute Gasteiger partial charge is 0.481 e. The zero-order chi connectivity index (χ0) is 9.26. The molecule has 2 rings (SSSR count). The van der Waals surface area contributed by atoms with Crippen molar-refractivity contribution in [2.24, 2.45) is 4.99 Å². The fourth-order valence-electron chi connectivity index (χ4n) is 1.20. The number of halogens is 2. The van der Waals surface area contributed by atoms with Gasteiger partial charge in [0, 0.05) is 0 Å². The molecule has 1 atom stereocenters. The Kier molecular flexibility index (Phi) is 1.96. The molecule has 0 aromatic heterocycles. The van der Waals surface area contributed by atoms with Crippen LogP contribution >= 0.6 is 0 Å². The Morgan fingerprint density at radius 1 is 1.31 bits per heavy atom. The Morgan fingerprint density at radius 2 is 2.15 bits per heavy atom. The highest BCUT2D eigenvalue weighted by atomic mass is 19.2. The lowest BCUT2D eigenvalue weighted by molar-refractivity contribution is 0.330. The summed E-state index contributed by atoms with van der Waals surface area (Å²) in [7, 11) is 0. The van der Waals surface area contributed by atoms with Gasteiger partial charge in [0.15, 0.2) is 18.0 Å². The van der Waals surface area contributed by atoms with E-state index in [4.69, 9.17) is 4.74 Å². The zero-order valence-corrected chi connectivity index (χ0v) is 6.71. The lowest BCUT2D eigenvalue weighted by atomic mass is 10.1. The van der Waals surface area contributed by atoms with Crippen molar-refractivity contribution in [3.05, 3.63) is 35.4 Å². The van der Waals surface area contributed by atoms with Gasteiger partial charge in [0.05, 0.1) is 0 Å². The van der Waals surface area contributed by atoms with Crippen LogP contribution in [0, 0.1) is 11.6 Å². The van der Waals surface area contributed by atoms with Crippen LogP contribution in [-0.4, -0.2) is 13.0 Å². The van der Waals surface area contributed by atoms with Crippen LogP contribution in [-0.2, 0) is 4.74 Å². The van der Waals surface area contributed by atoms with E-state index in [1.807, 2.05) is 0 Å². The number of hydrogen-bond acceptors (Lipinski definition) is 2. The third-order valence-corrected chi connectivity index (χ3v) is 1.90. The summed E-state index contributed by atoms with van der Waals surface area (Å²) in [5.74, 6) is -1.69. The number of hydrogen-bond donors (Lipinski definition) is 0. The lowest BCUT2D eigenvalue weighted by Crippen LogP contribution is -1.98. The molecule has 0 amide bonds. The van der Waals surface area contributed by atoms with Gasteiger partial charge in [-0.3, -0.25) is 0 Å². The first-order chi connectivity index (χ1) is 6.27. The summed E-state index contributed by atoms with van der Waals surface area (Å²) in [5.41, 5.74) is 0.632. The highest BCUT2D eigenvalue weighted by Crippen LogP contribution is 2.22. The molecule has 0 bridgehead atoms. The van der Waals surface area contributed by atoms with Gasteiger partial charge in [-0.2, -0.15) is 0 Å². The Bertz CT molecular complexity index is 351. The van der Waals surface area contributed by atoms with E-state index < -0.39 is 11.6 Å².